The van der Waals surface area contributed by atoms with Gasteiger partial charge in [0, 0.05) is 53.2 Å². The SMILES string of the molecule is CN=C(NCC(c1ccc(C)cc1)N1CCOCC1)N1CCC(CC(=O)NC)CC1.I. The van der Waals surface area contributed by atoms with Gasteiger partial charge in [-0.05, 0) is 31.2 Å². The van der Waals surface area contributed by atoms with Crippen molar-refractivity contribution in [1.29, 1.82) is 0 Å². The number of likely N-dealkylation sites (tertiary alicyclic amines) is 1. The molecule has 0 bridgehead atoms. The lowest BCUT2D eigenvalue weighted by Gasteiger charge is -2.37. The predicted molar refractivity (Wildman–Crippen MR) is 136 cm³/mol. The van der Waals surface area contributed by atoms with Crippen molar-refractivity contribution in [2.75, 3.05) is 60.0 Å². The molecule has 174 valence electrons. The van der Waals surface area contributed by atoms with E-state index in [1.165, 1.54) is 11.1 Å². The van der Waals surface area contributed by atoms with Gasteiger partial charge in [0.05, 0.1) is 19.3 Å². The molecule has 3 rings (SSSR count). The van der Waals surface area contributed by atoms with Gasteiger partial charge in [0.15, 0.2) is 5.96 Å². The van der Waals surface area contributed by atoms with Crippen LogP contribution in [0.5, 0.6) is 0 Å². The van der Waals surface area contributed by atoms with Gasteiger partial charge in [-0.3, -0.25) is 14.7 Å². The van der Waals surface area contributed by atoms with Crippen LogP contribution in [0.3, 0.4) is 0 Å². The van der Waals surface area contributed by atoms with Crippen molar-refractivity contribution in [3.63, 3.8) is 0 Å². The van der Waals surface area contributed by atoms with Gasteiger partial charge in [0.25, 0.3) is 0 Å². The van der Waals surface area contributed by atoms with Crippen molar-refractivity contribution in [3.8, 4) is 0 Å². The third kappa shape index (κ3) is 7.61. The zero-order valence-corrected chi connectivity index (χ0v) is 21.4. The van der Waals surface area contributed by atoms with Crippen LogP contribution in [0.2, 0.25) is 0 Å². The summed E-state index contributed by atoms with van der Waals surface area (Å²) in [6, 6.07) is 9.15. The van der Waals surface area contributed by atoms with Crippen molar-refractivity contribution in [3.05, 3.63) is 35.4 Å². The standard InChI is InChI=1S/C23H37N5O2.HI/c1-18-4-6-20(7-5-18)21(27-12-14-30-15-13-27)17-26-23(25-3)28-10-8-19(9-11-28)16-22(29)24-2;/h4-7,19,21H,8-17H2,1-3H3,(H,24,29)(H,25,26);1H. The predicted octanol–water partition coefficient (Wildman–Crippen LogP) is 2.41. The van der Waals surface area contributed by atoms with E-state index >= 15 is 0 Å². The van der Waals surface area contributed by atoms with Crippen LogP contribution in [0, 0.1) is 12.8 Å². The smallest absolute Gasteiger partial charge is 0.220 e. The van der Waals surface area contributed by atoms with Gasteiger partial charge in [-0.2, -0.15) is 0 Å². The molecule has 0 spiro atoms. The van der Waals surface area contributed by atoms with E-state index < -0.39 is 0 Å². The number of rotatable bonds is 6. The third-order valence-electron chi connectivity index (χ3n) is 6.28. The molecule has 7 nitrogen and oxygen atoms in total. The molecule has 0 saturated carbocycles. The molecule has 2 aliphatic heterocycles. The van der Waals surface area contributed by atoms with E-state index in [2.05, 4.69) is 56.6 Å². The zero-order chi connectivity index (χ0) is 21.3. The summed E-state index contributed by atoms with van der Waals surface area (Å²) in [5, 5.41) is 6.37. The Morgan fingerprint density at radius 3 is 2.39 bits per heavy atom. The minimum absolute atomic E-state index is 0. The summed E-state index contributed by atoms with van der Waals surface area (Å²) < 4.78 is 5.57. The summed E-state index contributed by atoms with van der Waals surface area (Å²) in [5.41, 5.74) is 2.61. The minimum atomic E-state index is 0. The number of ether oxygens (including phenoxy) is 1. The van der Waals surface area contributed by atoms with Gasteiger partial charge in [-0.15, -0.1) is 24.0 Å². The number of halogens is 1. The number of carbonyl (C=O) groups excluding carboxylic acids is 1. The third-order valence-corrected chi connectivity index (χ3v) is 6.28. The highest BCUT2D eigenvalue weighted by Crippen LogP contribution is 2.23. The lowest BCUT2D eigenvalue weighted by molar-refractivity contribution is -0.121. The number of morpholine rings is 1. The van der Waals surface area contributed by atoms with Crippen LogP contribution in [0.4, 0.5) is 0 Å². The van der Waals surface area contributed by atoms with E-state index in [4.69, 9.17) is 4.74 Å². The average molecular weight is 543 g/mol. The van der Waals surface area contributed by atoms with Crippen molar-refractivity contribution in [1.82, 2.24) is 20.4 Å². The molecular formula is C23H38IN5O2. The number of piperidine rings is 1. The van der Waals surface area contributed by atoms with Gasteiger partial charge >= 0.3 is 0 Å². The van der Waals surface area contributed by atoms with Crippen molar-refractivity contribution in [2.24, 2.45) is 10.9 Å². The fourth-order valence-corrected chi connectivity index (χ4v) is 4.37. The Kier molecular flexibility index (Phi) is 11.0. The summed E-state index contributed by atoms with van der Waals surface area (Å²) >= 11 is 0. The molecule has 1 aromatic carbocycles. The second-order valence-electron chi connectivity index (χ2n) is 8.31. The largest absolute Gasteiger partial charge is 0.379 e. The summed E-state index contributed by atoms with van der Waals surface area (Å²) in [5.74, 6) is 1.56. The first-order chi connectivity index (χ1) is 14.6. The maximum absolute atomic E-state index is 11.7. The van der Waals surface area contributed by atoms with Crippen molar-refractivity contribution >= 4 is 35.8 Å². The number of aryl methyl sites for hydroxylation is 1. The topological polar surface area (TPSA) is 69.2 Å². The first-order valence-corrected chi connectivity index (χ1v) is 11.1. The molecule has 1 aromatic rings. The number of carbonyl (C=O) groups is 1. The maximum atomic E-state index is 11.7. The van der Waals surface area contributed by atoms with Crippen LogP contribution >= 0.6 is 24.0 Å². The molecule has 2 heterocycles. The van der Waals surface area contributed by atoms with Gasteiger partial charge in [-0.25, -0.2) is 0 Å². The highest BCUT2D eigenvalue weighted by Gasteiger charge is 2.26. The van der Waals surface area contributed by atoms with Crippen LogP contribution in [-0.4, -0.2) is 81.7 Å². The van der Waals surface area contributed by atoms with Crippen LogP contribution in [-0.2, 0) is 9.53 Å². The molecule has 2 N–H and O–H groups in total. The number of nitrogens with zero attached hydrogens (tertiary/aromatic N) is 3. The quantitative estimate of drug-likeness (QED) is 0.328. The summed E-state index contributed by atoms with van der Waals surface area (Å²) in [6.07, 6.45) is 2.68. The van der Waals surface area contributed by atoms with Gasteiger partial charge in [0.1, 0.15) is 0 Å². The Morgan fingerprint density at radius 1 is 1.16 bits per heavy atom. The van der Waals surface area contributed by atoms with Crippen LogP contribution in [0.15, 0.2) is 29.3 Å². The molecule has 2 aliphatic rings. The molecule has 2 saturated heterocycles. The summed E-state index contributed by atoms with van der Waals surface area (Å²) in [7, 11) is 3.57. The number of amides is 1. The number of hydrogen-bond acceptors (Lipinski definition) is 4. The number of nitrogens with one attached hydrogen (secondary N) is 2. The Bertz CT molecular complexity index is 698. The molecule has 1 amide bonds. The van der Waals surface area contributed by atoms with Crippen LogP contribution < -0.4 is 10.6 Å². The molecule has 0 aliphatic carbocycles. The first kappa shape index (κ1) is 25.9. The van der Waals surface area contributed by atoms with E-state index in [0.29, 0.717) is 12.3 Å². The number of hydrogen-bond donors (Lipinski definition) is 2. The van der Waals surface area contributed by atoms with Crippen molar-refractivity contribution in [2.45, 2.75) is 32.2 Å². The van der Waals surface area contributed by atoms with E-state index in [9.17, 15) is 4.79 Å². The number of guanidine groups is 1. The molecule has 1 atom stereocenters. The maximum Gasteiger partial charge on any atom is 0.220 e. The fourth-order valence-electron chi connectivity index (χ4n) is 4.37. The van der Waals surface area contributed by atoms with Gasteiger partial charge < -0.3 is 20.3 Å². The van der Waals surface area contributed by atoms with Crippen LogP contribution in [0.1, 0.15) is 36.4 Å². The number of benzene rings is 1. The van der Waals surface area contributed by atoms with Gasteiger partial charge in [0.2, 0.25) is 5.91 Å². The Morgan fingerprint density at radius 2 is 1.81 bits per heavy atom. The lowest BCUT2D eigenvalue weighted by Crippen LogP contribution is -2.49. The molecule has 8 heteroatoms. The molecule has 1 unspecified atom stereocenters. The van der Waals surface area contributed by atoms with Gasteiger partial charge in [-0.1, -0.05) is 29.8 Å². The number of aliphatic imine (C=N–C) groups is 1. The highest BCUT2D eigenvalue weighted by molar-refractivity contribution is 14.0. The second kappa shape index (κ2) is 13.2. The Hall–Kier alpha value is -1.39. The molecule has 2 fully saturated rings. The Labute approximate surface area is 204 Å². The van der Waals surface area contributed by atoms with E-state index in [1.807, 2.05) is 7.05 Å². The van der Waals surface area contributed by atoms with E-state index in [0.717, 1.165) is 64.7 Å². The van der Waals surface area contributed by atoms with Crippen molar-refractivity contribution < 1.29 is 9.53 Å². The molecule has 0 radical (unpaired) electrons. The molecule has 31 heavy (non-hydrogen) atoms. The monoisotopic (exact) mass is 543 g/mol. The lowest BCUT2D eigenvalue weighted by atomic mass is 9.93. The normalized spacial score (nSPS) is 19.5. The summed E-state index contributed by atoms with van der Waals surface area (Å²) in [4.78, 5) is 21.0. The van der Waals surface area contributed by atoms with Crippen LogP contribution in [0.25, 0.3) is 0 Å². The summed E-state index contributed by atoms with van der Waals surface area (Å²) in [6.45, 7) is 8.29. The highest BCUT2D eigenvalue weighted by atomic mass is 127. The minimum Gasteiger partial charge on any atom is -0.379 e. The zero-order valence-electron chi connectivity index (χ0n) is 19.1. The fraction of sp³-hybridized carbons (Fsp3) is 0.652. The molecule has 0 aromatic heterocycles. The Balaban J connectivity index is 0.00000341. The first-order valence-electron chi connectivity index (χ1n) is 11.1. The van der Waals surface area contributed by atoms with E-state index in [-0.39, 0.29) is 35.9 Å². The second-order valence-corrected chi connectivity index (χ2v) is 8.31. The average Bonchev–Trinajstić information content (AvgIpc) is 2.79. The van der Waals surface area contributed by atoms with E-state index in [1.54, 1.807) is 7.05 Å². The molecular weight excluding hydrogens is 505 g/mol.